The van der Waals surface area contributed by atoms with Crippen molar-refractivity contribution < 1.29 is 5.11 Å². The van der Waals surface area contributed by atoms with Crippen molar-refractivity contribution in [1.82, 2.24) is 0 Å². The third-order valence-electron chi connectivity index (χ3n) is 0.796. The molecule has 0 spiro atoms. The van der Waals surface area contributed by atoms with E-state index in [1.54, 1.807) is 12.1 Å². The van der Waals surface area contributed by atoms with Crippen molar-refractivity contribution in [2.24, 2.45) is 0 Å². The van der Waals surface area contributed by atoms with Gasteiger partial charge in [0.15, 0.2) is 0 Å². The van der Waals surface area contributed by atoms with E-state index in [0.29, 0.717) is 5.75 Å². The first-order chi connectivity index (χ1) is 4.33. The van der Waals surface area contributed by atoms with Crippen LogP contribution in [0.15, 0.2) is 28.7 Å². The fourth-order valence-corrected chi connectivity index (χ4v) is 0.845. The van der Waals surface area contributed by atoms with Gasteiger partial charge in [0.2, 0.25) is 0 Å². The Morgan fingerprint density at radius 2 is 2.50 bits per heavy atom. The van der Waals surface area contributed by atoms with E-state index in [-0.39, 0.29) is 0 Å². The third-order valence-corrected chi connectivity index (χ3v) is 1.29. The first-order valence-electron chi connectivity index (χ1n) is 2.62. The van der Waals surface area contributed by atoms with Crippen LogP contribution in [-0.2, 0) is 0 Å². The standard InChI is InChI=1S/C6H5BrO/c7-5-2-1-3-6(8)4-5/h1-4,8H/i/hD. The normalized spacial score (nSPS) is 10.4. The second kappa shape index (κ2) is 2.18. The molecule has 0 amide bonds. The average Bonchev–Trinajstić information content (AvgIpc) is 1.88. The maximum atomic E-state index is 6.52. The predicted octanol–water partition coefficient (Wildman–Crippen LogP) is 2.15. The maximum Gasteiger partial charge on any atom is 0.293 e. The van der Waals surface area contributed by atoms with Gasteiger partial charge in [0, 0.05) is 4.47 Å². The Balaban J connectivity index is 2.94. The molecule has 1 aromatic rings. The Bertz CT molecular complexity index is 202. The summed E-state index contributed by atoms with van der Waals surface area (Å²) in [6, 6.07) is 7.14. The summed E-state index contributed by atoms with van der Waals surface area (Å²) in [4.78, 5) is 0. The summed E-state index contributed by atoms with van der Waals surface area (Å²) in [7, 11) is 0. The van der Waals surface area contributed by atoms with Crippen LogP contribution in [0.25, 0.3) is 0 Å². The number of hydrogen-bond donors (Lipinski definition) is 1. The van der Waals surface area contributed by atoms with Crippen molar-refractivity contribution in [2.45, 2.75) is 0 Å². The molecular weight excluding hydrogens is 168 g/mol. The number of benzene rings is 1. The first-order valence-corrected chi connectivity index (χ1v) is 3.01. The summed E-state index contributed by atoms with van der Waals surface area (Å²) in [5.74, 6) is 0.546. The molecule has 1 aromatic carbocycles. The number of rotatable bonds is 1. The van der Waals surface area contributed by atoms with Gasteiger partial charge >= 0.3 is 0 Å². The van der Waals surface area contributed by atoms with Crippen molar-refractivity contribution in [3.8, 4) is 5.75 Å². The summed E-state index contributed by atoms with van der Waals surface area (Å²) < 4.78 is 7.44. The van der Waals surface area contributed by atoms with Gasteiger partial charge in [-0.25, -0.2) is 0 Å². The van der Waals surface area contributed by atoms with Crippen LogP contribution >= 0.6 is 15.9 Å². The molecule has 0 radical (unpaired) electrons. The number of phenolic OH excluding ortho intramolecular Hbond substituents is 1. The highest BCUT2D eigenvalue weighted by Crippen LogP contribution is 2.15. The van der Waals surface area contributed by atoms with Gasteiger partial charge < -0.3 is 5.11 Å². The highest BCUT2D eigenvalue weighted by Gasteiger charge is 1.84. The van der Waals surface area contributed by atoms with E-state index in [9.17, 15) is 0 Å². The molecule has 1 nitrogen and oxygen atoms in total. The Kier molecular flexibility index (Phi) is 1.19. The summed E-state index contributed by atoms with van der Waals surface area (Å²) >= 11 is 3.24. The smallest absolute Gasteiger partial charge is 0.293 e. The summed E-state index contributed by atoms with van der Waals surface area (Å²) in [6.45, 7) is 0. The quantitative estimate of drug-likeness (QED) is 0.691. The molecule has 0 aliphatic heterocycles. The Hall–Kier alpha value is -0.500. The number of phenols is 1. The lowest BCUT2D eigenvalue weighted by Gasteiger charge is -1.88. The lowest BCUT2D eigenvalue weighted by Crippen LogP contribution is -1.61. The van der Waals surface area contributed by atoms with Gasteiger partial charge in [0.25, 0.3) is 1.43 Å². The molecule has 0 saturated carbocycles. The lowest BCUT2D eigenvalue weighted by atomic mass is 10.3. The summed E-state index contributed by atoms with van der Waals surface area (Å²) in [5, 5.41) is 4.22. The highest BCUT2D eigenvalue weighted by atomic mass is 79.9. The van der Waals surface area contributed by atoms with Crippen LogP contribution in [0.1, 0.15) is 0 Å². The van der Waals surface area contributed by atoms with E-state index in [0.717, 1.165) is 4.47 Å². The zero-order chi connectivity index (χ0) is 6.69. The van der Waals surface area contributed by atoms with Crippen LogP contribution in [0.3, 0.4) is 0 Å². The Morgan fingerprint density at radius 3 is 3.00 bits per heavy atom. The number of aromatic hydroxyl groups is 1. The third kappa shape index (κ3) is 1.23. The van der Waals surface area contributed by atoms with Crippen molar-refractivity contribution in [2.75, 3.05) is 0 Å². The van der Waals surface area contributed by atoms with E-state index >= 15 is 0 Å². The van der Waals surface area contributed by atoms with Crippen LogP contribution in [-0.4, -0.2) is 6.54 Å². The number of halogens is 1. The fraction of sp³-hybridized carbons (Fsp3) is 0. The molecule has 0 fully saturated rings. The minimum absolute atomic E-state index is 0.546. The largest absolute Gasteiger partial charge is 0.508 e. The molecular formula is C6H5BrO. The molecule has 0 aliphatic carbocycles. The van der Waals surface area contributed by atoms with E-state index in [1.807, 2.05) is 12.1 Å². The molecule has 1 rings (SSSR count). The van der Waals surface area contributed by atoms with Crippen molar-refractivity contribution >= 4 is 15.9 Å². The minimum atomic E-state index is 0.546. The van der Waals surface area contributed by atoms with Gasteiger partial charge in [-0.15, -0.1) is 0 Å². The zero-order valence-corrected chi connectivity index (χ0v) is 5.68. The van der Waals surface area contributed by atoms with E-state index in [4.69, 9.17) is 1.43 Å². The van der Waals surface area contributed by atoms with Gasteiger partial charge in [-0.3, -0.25) is 0 Å². The van der Waals surface area contributed by atoms with Crippen LogP contribution < -0.4 is 0 Å². The molecule has 0 atom stereocenters. The van der Waals surface area contributed by atoms with Crippen LogP contribution in [0.2, 0.25) is 0 Å². The van der Waals surface area contributed by atoms with Gasteiger partial charge in [-0.1, -0.05) is 22.0 Å². The first kappa shape index (κ1) is 4.39. The van der Waals surface area contributed by atoms with Gasteiger partial charge in [0.05, 0.1) is 0 Å². The topological polar surface area (TPSA) is 20.2 Å². The average molecular weight is 174 g/mol. The molecule has 42 valence electrons. The molecule has 0 aliphatic rings. The molecule has 0 heterocycles. The van der Waals surface area contributed by atoms with Crippen LogP contribution in [0.4, 0.5) is 0 Å². The maximum absolute atomic E-state index is 6.52. The van der Waals surface area contributed by atoms with Crippen molar-refractivity contribution in [3.05, 3.63) is 28.7 Å². The van der Waals surface area contributed by atoms with Crippen LogP contribution in [0.5, 0.6) is 5.75 Å². The van der Waals surface area contributed by atoms with Crippen molar-refractivity contribution in [3.63, 3.8) is 0 Å². The second-order valence-electron chi connectivity index (χ2n) is 1.46. The summed E-state index contributed by atoms with van der Waals surface area (Å²) in [6.07, 6.45) is 0. The number of hydrogen-bond acceptors (Lipinski definition) is 1. The van der Waals surface area contributed by atoms with Gasteiger partial charge in [-0.05, 0) is 18.2 Å². The van der Waals surface area contributed by atoms with Gasteiger partial charge in [-0.2, -0.15) is 0 Å². The van der Waals surface area contributed by atoms with Crippen LogP contribution in [0, 0.1) is 0 Å². The van der Waals surface area contributed by atoms with E-state index in [1.165, 1.54) is 0 Å². The predicted molar refractivity (Wildman–Crippen MR) is 35.8 cm³/mol. The zero-order valence-electron chi connectivity index (χ0n) is 5.10. The van der Waals surface area contributed by atoms with E-state index in [2.05, 4.69) is 21.0 Å². The Labute approximate surface area is 57.6 Å². The molecule has 1 N–H and O–H groups in total. The minimum Gasteiger partial charge on any atom is -0.508 e. The monoisotopic (exact) mass is 173 g/mol. The van der Waals surface area contributed by atoms with Crippen molar-refractivity contribution in [1.29, 1.82) is 1.43 Å². The highest BCUT2D eigenvalue weighted by molar-refractivity contribution is 9.10. The SMILES string of the molecule is [2H]Oc1cccc(Br)c1. The molecule has 0 bridgehead atoms. The second-order valence-corrected chi connectivity index (χ2v) is 2.37. The molecule has 2 heteroatoms. The Morgan fingerprint density at radius 1 is 1.62 bits per heavy atom. The van der Waals surface area contributed by atoms with E-state index < -0.39 is 0 Å². The van der Waals surface area contributed by atoms with Gasteiger partial charge in [0.1, 0.15) is 5.75 Å². The molecule has 0 saturated heterocycles. The lowest BCUT2D eigenvalue weighted by molar-refractivity contribution is 0.475. The molecule has 0 unspecified atom stereocenters. The molecule has 8 heavy (non-hydrogen) atoms. The summed E-state index contributed by atoms with van der Waals surface area (Å²) in [5.41, 5.74) is 0. The fourth-order valence-electron chi connectivity index (χ4n) is 0.467. The molecule has 0 aromatic heterocycles.